The Morgan fingerprint density at radius 2 is 1.75 bits per heavy atom. The van der Waals surface area contributed by atoms with Gasteiger partial charge in [0.15, 0.2) is 0 Å². The Balaban J connectivity index is 0.000000281. The van der Waals surface area contributed by atoms with E-state index in [0.717, 1.165) is 5.56 Å². The molecule has 0 spiro atoms. The van der Waals surface area contributed by atoms with E-state index in [1.807, 2.05) is 30.3 Å². The topological polar surface area (TPSA) is 57.5 Å². The maximum Gasteiger partial charge on any atom is 0.132 e. The van der Waals surface area contributed by atoms with Gasteiger partial charge in [0.2, 0.25) is 0 Å². The van der Waals surface area contributed by atoms with Crippen molar-refractivity contribution in [1.82, 2.24) is 0 Å². The minimum atomic E-state index is -0.828. The molecule has 16 heavy (non-hydrogen) atoms. The van der Waals surface area contributed by atoms with Crippen LogP contribution in [0.5, 0.6) is 0 Å². The van der Waals surface area contributed by atoms with Crippen LogP contribution in [0.3, 0.4) is 0 Å². The fourth-order valence-corrected chi connectivity index (χ4v) is 1.19. The van der Waals surface area contributed by atoms with Crippen molar-refractivity contribution in [2.75, 3.05) is 0 Å². The average Bonchev–Trinajstić information content (AvgIpc) is 2.16. The molecular weight excluding hydrogens is 204 g/mol. The van der Waals surface area contributed by atoms with Crippen LogP contribution in [-0.2, 0) is 11.4 Å². The van der Waals surface area contributed by atoms with Crippen LogP contribution in [-0.4, -0.2) is 21.6 Å². The van der Waals surface area contributed by atoms with Gasteiger partial charge < -0.3 is 10.2 Å². The second kappa shape index (κ2) is 7.14. The first kappa shape index (κ1) is 14.8. The third kappa shape index (κ3) is 9.37. The lowest BCUT2D eigenvalue weighted by molar-refractivity contribution is -0.120. The summed E-state index contributed by atoms with van der Waals surface area (Å²) in [6.07, 6.45) is 0.243. The van der Waals surface area contributed by atoms with Crippen LogP contribution in [0.4, 0.5) is 0 Å². The fraction of sp³-hybridized carbons (Fsp3) is 0.462. The zero-order valence-corrected chi connectivity index (χ0v) is 10.1. The van der Waals surface area contributed by atoms with Crippen LogP contribution in [0.1, 0.15) is 32.8 Å². The van der Waals surface area contributed by atoms with Gasteiger partial charge >= 0.3 is 0 Å². The number of aliphatic hydroxyl groups is 2. The molecule has 1 rings (SSSR count). The second-order valence-corrected chi connectivity index (χ2v) is 4.33. The van der Waals surface area contributed by atoms with Crippen molar-refractivity contribution >= 4 is 5.78 Å². The molecule has 0 atom stereocenters. The summed E-state index contributed by atoms with van der Waals surface area (Å²) in [5, 5.41) is 17.5. The van der Waals surface area contributed by atoms with E-state index in [0.29, 0.717) is 0 Å². The molecule has 1 aromatic rings. The molecule has 0 amide bonds. The van der Waals surface area contributed by atoms with Gasteiger partial charge in [-0.15, -0.1) is 0 Å². The first-order valence-corrected chi connectivity index (χ1v) is 5.22. The van der Waals surface area contributed by atoms with Gasteiger partial charge in [-0.05, 0) is 26.3 Å². The molecule has 0 aromatic heterocycles. The Kier molecular flexibility index (Phi) is 6.61. The van der Waals surface area contributed by atoms with Crippen molar-refractivity contribution in [2.45, 2.75) is 39.4 Å². The first-order valence-electron chi connectivity index (χ1n) is 5.22. The van der Waals surface area contributed by atoms with Crippen molar-refractivity contribution in [3.8, 4) is 0 Å². The Morgan fingerprint density at radius 1 is 1.25 bits per heavy atom. The number of rotatable bonds is 3. The predicted molar refractivity (Wildman–Crippen MR) is 64.0 cm³/mol. The first-order chi connectivity index (χ1) is 7.35. The van der Waals surface area contributed by atoms with Gasteiger partial charge in [0.05, 0.1) is 12.2 Å². The Morgan fingerprint density at radius 3 is 1.94 bits per heavy atom. The summed E-state index contributed by atoms with van der Waals surface area (Å²) >= 11 is 0. The zero-order valence-electron chi connectivity index (χ0n) is 10.1. The van der Waals surface area contributed by atoms with Crippen LogP contribution >= 0.6 is 0 Å². The maximum absolute atomic E-state index is 10.3. The van der Waals surface area contributed by atoms with E-state index >= 15 is 0 Å². The van der Waals surface area contributed by atoms with E-state index < -0.39 is 5.60 Å². The van der Waals surface area contributed by atoms with Crippen LogP contribution in [0.2, 0.25) is 0 Å². The summed E-state index contributed by atoms with van der Waals surface area (Å²) in [7, 11) is 0. The molecule has 0 aliphatic heterocycles. The highest BCUT2D eigenvalue weighted by Crippen LogP contribution is 2.06. The second-order valence-electron chi connectivity index (χ2n) is 4.33. The van der Waals surface area contributed by atoms with Crippen LogP contribution in [0.25, 0.3) is 0 Å². The molecule has 2 N–H and O–H groups in total. The Bertz CT molecular complexity index is 299. The third-order valence-electron chi connectivity index (χ3n) is 1.71. The summed E-state index contributed by atoms with van der Waals surface area (Å²) in [6, 6.07) is 9.52. The van der Waals surface area contributed by atoms with Crippen molar-refractivity contribution in [3.05, 3.63) is 35.9 Å². The minimum Gasteiger partial charge on any atom is -0.392 e. The molecule has 0 saturated heterocycles. The number of benzene rings is 1. The minimum absolute atomic E-state index is 0.0255. The molecule has 0 fully saturated rings. The number of carbonyl (C=O) groups is 1. The monoisotopic (exact) mass is 224 g/mol. The van der Waals surface area contributed by atoms with Gasteiger partial charge in [-0.1, -0.05) is 30.3 Å². The lowest BCUT2D eigenvalue weighted by Crippen LogP contribution is -2.21. The van der Waals surface area contributed by atoms with Crippen molar-refractivity contribution in [1.29, 1.82) is 0 Å². The largest absolute Gasteiger partial charge is 0.392 e. The molecule has 0 heterocycles. The van der Waals surface area contributed by atoms with Gasteiger partial charge in [0.1, 0.15) is 5.78 Å². The van der Waals surface area contributed by atoms with Crippen LogP contribution < -0.4 is 0 Å². The lowest BCUT2D eigenvalue weighted by Gasteiger charge is -2.13. The summed E-state index contributed by atoms with van der Waals surface area (Å²) in [6.45, 7) is 4.85. The number of ketones is 1. The number of hydrogen-bond acceptors (Lipinski definition) is 3. The van der Waals surface area contributed by atoms with E-state index in [-0.39, 0.29) is 18.8 Å². The van der Waals surface area contributed by atoms with E-state index in [9.17, 15) is 4.79 Å². The summed E-state index contributed by atoms with van der Waals surface area (Å²) in [5.74, 6) is 0.0255. The van der Waals surface area contributed by atoms with E-state index in [1.165, 1.54) is 6.92 Å². The van der Waals surface area contributed by atoms with E-state index in [4.69, 9.17) is 10.2 Å². The molecule has 0 radical (unpaired) electrons. The third-order valence-corrected chi connectivity index (χ3v) is 1.71. The molecule has 3 nitrogen and oxygen atoms in total. The van der Waals surface area contributed by atoms with Crippen LogP contribution in [0, 0.1) is 0 Å². The van der Waals surface area contributed by atoms with Crippen molar-refractivity contribution in [3.63, 3.8) is 0 Å². The number of Topliss-reactive ketones (excluding diaryl/α,β-unsaturated/α-hetero) is 1. The maximum atomic E-state index is 10.3. The molecule has 0 unspecified atom stereocenters. The van der Waals surface area contributed by atoms with Crippen molar-refractivity contribution in [2.24, 2.45) is 0 Å². The SMILES string of the molecule is CC(=O)CC(C)(C)O.OCc1ccccc1. The van der Waals surface area contributed by atoms with Crippen LogP contribution in [0.15, 0.2) is 30.3 Å². The van der Waals surface area contributed by atoms with Gasteiger partial charge in [-0.2, -0.15) is 0 Å². The highest BCUT2D eigenvalue weighted by molar-refractivity contribution is 5.76. The van der Waals surface area contributed by atoms with Gasteiger partial charge in [0.25, 0.3) is 0 Å². The van der Waals surface area contributed by atoms with Gasteiger partial charge in [0, 0.05) is 6.42 Å². The standard InChI is InChI=1S/C7H8O.C6H12O2/c8-6-7-4-2-1-3-5-7;1-5(7)4-6(2,3)8/h1-5,8H,6H2;8H,4H2,1-3H3. The normalized spacial score (nSPS) is 10.3. The highest BCUT2D eigenvalue weighted by Gasteiger charge is 2.13. The molecular formula is C13H20O3. The summed E-state index contributed by atoms with van der Waals surface area (Å²) in [4.78, 5) is 10.3. The Hall–Kier alpha value is -1.19. The molecule has 0 saturated carbocycles. The van der Waals surface area contributed by atoms with Gasteiger partial charge in [-0.3, -0.25) is 4.79 Å². The number of hydrogen-bond donors (Lipinski definition) is 2. The molecule has 3 heteroatoms. The molecule has 90 valence electrons. The van der Waals surface area contributed by atoms with Gasteiger partial charge in [-0.25, -0.2) is 0 Å². The molecule has 1 aromatic carbocycles. The van der Waals surface area contributed by atoms with E-state index in [2.05, 4.69) is 0 Å². The smallest absolute Gasteiger partial charge is 0.132 e. The highest BCUT2D eigenvalue weighted by atomic mass is 16.3. The zero-order chi connectivity index (χ0) is 12.6. The summed E-state index contributed by atoms with van der Waals surface area (Å²) in [5.41, 5.74) is 0.138. The predicted octanol–water partition coefficient (Wildman–Crippen LogP) is 1.92. The number of aliphatic hydroxyl groups excluding tert-OH is 1. The fourth-order valence-electron chi connectivity index (χ4n) is 1.19. The molecule has 0 bridgehead atoms. The quantitative estimate of drug-likeness (QED) is 0.824. The Labute approximate surface area is 96.7 Å². The average molecular weight is 224 g/mol. The summed E-state index contributed by atoms with van der Waals surface area (Å²) < 4.78 is 0. The number of carbonyl (C=O) groups excluding carboxylic acids is 1. The van der Waals surface area contributed by atoms with E-state index in [1.54, 1.807) is 13.8 Å². The molecule has 0 aliphatic rings. The van der Waals surface area contributed by atoms with Crippen molar-refractivity contribution < 1.29 is 15.0 Å². The molecule has 0 aliphatic carbocycles. The lowest BCUT2D eigenvalue weighted by atomic mass is 10.0.